The van der Waals surface area contributed by atoms with E-state index in [4.69, 9.17) is 5.11 Å². The average Bonchev–Trinajstić information content (AvgIpc) is 3.00. The number of methoxy groups -OCH3 is 1. The maximum atomic E-state index is 13.5. The Labute approximate surface area is 146 Å². The second kappa shape index (κ2) is 7.56. The van der Waals surface area contributed by atoms with E-state index in [1.807, 2.05) is 0 Å². The topological polar surface area (TPSA) is 93.5 Å². The van der Waals surface area contributed by atoms with Crippen molar-refractivity contribution in [3.8, 4) is 5.69 Å². The number of nitrogens with zero attached hydrogens (tertiary/aromatic N) is 2. The van der Waals surface area contributed by atoms with Crippen LogP contribution in [0, 0.1) is 6.92 Å². The number of carbonyl (C=O) groups is 2. The lowest BCUT2D eigenvalue weighted by Crippen LogP contribution is -2.38. The van der Waals surface area contributed by atoms with Crippen molar-refractivity contribution in [3.05, 3.63) is 47.3 Å². The third-order valence-corrected chi connectivity index (χ3v) is 3.54. The highest BCUT2D eigenvalue weighted by molar-refractivity contribution is 5.95. The first kappa shape index (κ1) is 19.4. The molecule has 1 atom stereocenters. The van der Waals surface area contributed by atoms with Gasteiger partial charge in [-0.15, -0.1) is 0 Å². The molecule has 0 aliphatic rings. The third kappa shape index (κ3) is 4.20. The summed E-state index contributed by atoms with van der Waals surface area (Å²) in [5, 5.41) is 14.7. The number of carbonyl (C=O) groups excluding carboxylic acids is 1. The Morgan fingerprint density at radius 3 is 2.62 bits per heavy atom. The van der Waals surface area contributed by atoms with Crippen LogP contribution in [0.2, 0.25) is 0 Å². The first-order valence-electron chi connectivity index (χ1n) is 7.41. The molecule has 0 aliphatic heterocycles. The van der Waals surface area contributed by atoms with Crippen LogP contribution in [-0.4, -0.2) is 46.5 Å². The average molecular weight is 371 g/mol. The van der Waals surface area contributed by atoms with Crippen LogP contribution in [0.5, 0.6) is 0 Å². The van der Waals surface area contributed by atoms with Gasteiger partial charge in [-0.25, -0.2) is 9.48 Å². The molecule has 1 amide bonds. The summed E-state index contributed by atoms with van der Waals surface area (Å²) in [6.07, 6.45) is -5.43. The van der Waals surface area contributed by atoms with Crippen LogP contribution in [0.15, 0.2) is 30.5 Å². The SMILES string of the molecule is COC(CNC(=O)c1cnn(-c2cccc(C)c2)c1C(F)(F)F)C(=O)O. The number of amides is 1. The molecule has 0 radical (unpaired) electrons. The number of benzene rings is 1. The Balaban J connectivity index is 2.38. The lowest BCUT2D eigenvalue weighted by molar-refractivity contribution is -0.148. The van der Waals surface area contributed by atoms with Gasteiger partial charge in [0.1, 0.15) is 0 Å². The zero-order valence-electron chi connectivity index (χ0n) is 13.9. The van der Waals surface area contributed by atoms with E-state index in [2.05, 4.69) is 15.2 Å². The third-order valence-electron chi connectivity index (χ3n) is 3.54. The highest BCUT2D eigenvalue weighted by Crippen LogP contribution is 2.33. The molecule has 1 aromatic heterocycles. The number of aromatic nitrogens is 2. The van der Waals surface area contributed by atoms with Gasteiger partial charge in [0, 0.05) is 7.11 Å². The Morgan fingerprint density at radius 2 is 2.08 bits per heavy atom. The smallest absolute Gasteiger partial charge is 0.434 e. The number of carboxylic acids is 1. The fourth-order valence-corrected chi connectivity index (χ4v) is 2.29. The van der Waals surface area contributed by atoms with Crippen molar-refractivity contribution in [2.45, 2.75) is 19.2 Å². The number of nitrogens with one attached hydrogen (secondary N) is 1. The van der Waals surface area contributed by atoms with E-state index in [0.29, 0.717) is 4.68 Å². The normalized spacial score (nSPS) is 12.7. The molecule has 2 rings (SSSR count). The van der Waals surface area contributed by atoms with Gasteiger partial charge < -0.3 is 15.2 Å². The van der Waals surface area contributed by atoms with Crippen molar-refractivity contribution in [2.24, 2.45) is 0 Å². The molecule has 0 bridgehead atoms. The predicted molar refractivity (Wildman–Crippen MR) is 84.1 cm³/mol. The van der Waals surface area contributed by atoms with Crippen molar-refractivity contribution in [1.82, 2.24) is 15.1 Å². The van der Waals surface area contributed by atoms with Gasteiger partial charge in [0.05, 0.1) is 24.0 Å². The summed E-state index contributed by atoms with van der Waals surface area (Å²) in [5.41, 5.74) is -1.08. The van der Waals surface area contributed by atoms with Crippen molar-refractivity contribution in [1.29, 1.82) is 0 Å². The van der Waals surface area contributed by atoms with Gasteiger partial charge in [0.2, 0.25) is 0 Å². The number of aryl methyl sites for hydroxylation is 1. The van der Waals surface area contributed by atoms with E-state index in [1.54, 1.807) is 19.1 Å². The molecule has 0 aliphatic carbocycles. The first-order valence-corrected chi connectivity index (χ1v) is 7.41. The van der Waals surface area contributed by atoms with Crippen molar-refractivity contribution in [3.63, 3.8) is 0 Å². The number of carboxylic acid groups (broad SMARTS) is 1. The van der Waals surface area contributed by atoms with Crippen LogP contribution in [-0.2, 0) is 15.7 Å². The number of alkyl halides is 3. The molecule has 10 heteroatoms. The largest absolute Gasteiger partial charge is 0.479 e. The fraction of sp³-hybridized carbons (Fsp3) is 0.312. The quantitative estimate of drug-likeness (QED) is 0.811. The number of hydrogen-bond acceptors (Lipinski definition) is 4. The molecule has 2 aromatic rings. The summed E-state index contributed by atoms with van der Waals surface area (Å²) < 4.78 is 45.8. The molecule has 0 spiro atoms. The molecule has 7 nitrogen and oxygen atoms in total. The molecular formula is C16H16F3N3O4. The number of ether oxygens (including phenoxy) is 1. The summed E-state index contributed by atoms with van der Waals surface area (Å²) >= 11 is 0. The van der Waals surface area contributed by atoms with E-state index in [9.17, 15) is 22.8 Å². The molecule has 0 saturated carbocycles. The number of halogens is 3. The molecule has 1 heterocycles. The molecule has 0 fully saturated rings. The summed E-state index contributed by atoms with van der Waals surface area (Å²) in [5.74, 6) is -2.45. The minimum atomic E-state index is -4.85. The minimum Gasteiger partial charge on any atom is -0.479 e. The van der Waals surface area contributed by atoms with Crippen LogP contribution in [0.3, 0.4) is 0 Å². The highest BCUT2D eigenvalue weighted by Gasteiger charge is 2.40. The van der Waals surface area contributed by atoms with E-state index in [0.717, 1.165) is 18.9 Å². The molecule has 1 unspecified atom stereocenters. The van der Waals surface area contributed by atoms with Gasteiger partial charge >= 0.3 is 12.1 Å². The summed E-state index contributed by atoms with van der Waals surface area (Å²) in [4.78, 5) is 23.0. The van der Waals surface area contributed by atoms with E-state index in [-0.39, 0.29) is 5.69 Å². The summed E-state index contributed by atoms with van der Waals surface area (Å²) in [7, 11) is 1.11. The first-order chi connectivity index (χ1) is 12.1. The fourth-order valence-electron chi connectivity index (χ4n) is 2.29. The van der Waals surface area contributed by atoms with Gasteiger partial charge in [-0.1, -0.05) is 12.1 Å². The predicted octanol–water partition coefficient (Wildman–Crippen LogP) is 2.03. The van der Waals surface area contributed by atoms with E-state index < -0.39 is 42.0 Å². The van der Waals surface area contributed by atoms with Crippen molar-refractivity contribution >= 4 is 11.9 Å². The lowest BCUT2D eigenvalue weighted by Gasteiger charge is -2.14. The van der Waals surface area contributed by atoms with Gasteiger partial charge in [-0.3, -0.25) is 4.79 Å². The zero-order valence-corrected chi connectivity index (χ0v) is 13.9. The van der Waals surface area contributed by atoms with E-state index >= 15 is 0 Å². The lowest BCUT2D eigenvalue weighted by atomic mass is 10.2. The summed E-state index contributed by atoms with van der Waals surface area (Å²) in [6.45, 7) is 1.22. The maximum absolute atomic E-state index is 13.5. The number of aliphatic carboxylic acids is 1. The standard InChI is InChI=1S/C16H16F3N3O4/c1-9-4-3-5-10(6-9)22-13(16(17,18)19)11(7-21-22)14(23)20-8-12(26-2)15(24)25/h3-7,12H,8H2,1-2H3,(H,20,23)(H,24,25). The van der Waals surface area contributed by atoms with Crippen LogP contribution in [0.1, 0.15) is 21.6 Å². The Morgan fingerprint density at radius 1 is 1.38 bits per heavy atom. The molecule has 26 heavy (non-hydrogen) atoms. The number of rotatable bonds is 6. The Bertz CT molecular complexity index is 817. The van der Waals surface area contributed by atoms with E-state index in [1.165, 1.54) is 12.1 Å². The van der Waals surface area contributed by atoms with Crippen LogP contribution in [0.4, 0.5) is 13.2 Å². The van der Waals surface area contributed by atoms with Crippen molar-refractivity contribution < 1.29 is 32.6 Å². The maximum Gasteiger partial charge on any atom is 0.434 e. The molecule has 2 N–H and O–H groups in total. The minimum absolute atomic E-state index is 0.150. The van der Waals surface area contributed by atoms with Crippen molar-refractivity contribution in [2.75, 3.05) is 13.7 Å². The van der Waals surface area contributed by atoms with Gasteiger partial charge in [0.15, 0.2) is 11.8 Å². The molecule has 0 saturated heterocycles. The molecular weight excluding hydrogens is 355 g/mol. The van der Waals surface area contributed by atoms with Crippen LogP contribution < -0.4 is 5.32 Å². The van der Waals surface area contributed by atoms with Crippen LogP contribution in [0.25, 0.3) is 5.69 Å². The van der Waals surface area contributed by atoms with Gasteiger partial charge in [-0.05, 0) is 24.6 Å². The second-order valence-electron chi connectivity index (χ2n) is 5.43. The monoisotopic (exact) mass is 371 g/mol. The van der Waals surface area contributed by atoms with Gasteiger partial charge in [0.25, 0.3) is 5.91 Å². The second-order valence-corrected chi connectivity index (χ2v) is 5.43. The Kier molecular flexibility index (Phi) is 5.66. The molecule has 1 aromatic carbocycles. The zero-order chi connectivity index (χ0) is 19.5. The number of hydrogen-bond donors (Lipinski definition) is 2. The highest BCUT2D eigenvalue weighted by atomic mass is 19.4. The Hall–Kier alpha value is -2.88. The molecule has 140 valence electrons. The van der Waals surface area contributed by atoms with Crippen LogP contribution >= 0.6 is 0 Å². The van der Waals surface area contributed by atoms with Gasteiger partial charge in [-0.2, -0.15) is 18.3 Å². The summed E-state index contributed by atoms with van der Waals surface area (Å²) in [6, 6.07) is 6.21.